The summed E-state index contributed by atoms with van der Waals surface area (Å²) in [6, 6.07) is 8.22. The van der Waals surface area contributed by atoms with Crippen molar-refractivity contribution in [3.63, 3.8) is 0 Å². The number of hydrogen-bond acceptors (Lipinski definition) is 4. The lowest BCUT2D eigenvalue weighted by Gasteiger charge is -2.05. The van der Waals surface area contributed by atoms with Crippen LogP contribution in [0.1, 0.15) is 18.9 Å². The van der Waals surface area contributed by atoms with Crippen LogP contribution in [0.3, 0.4) is 0 Å². The van der Waals surface area contributed by atoms with Gasteiger partial charge in [0.2, 0.25) is 5.91 Å². The summed E-state index contributed by atoms with van der Waals surface area (Å²) in [4.78, 5) is 16.9. The van der Waals surface area contributed by atoms with Crippen LogP contribution in [0.2, 0.25) is 5.02 Å². The molecule has 0 atom stereocenters. The van der Waals surface area contributed by atoms with E-state index in [0.717, 1.165) is 27.9 Å². The third-order valence-electron chi connectivity index (χ3n) is 4.32. The number of thiazole rings is 1. The van der Waals surface area contributed by atoms with Crippen LogP contribution in [0.5, 0.6) is 0 Å². The molecule has 1 aromatic heterocycles. The van der Waals surface area contributed by atoms with Crippen LogP contribution in [-0.2, 0) is 21.2 Å². The third-order valence-corrected chi connectivity index (χ3v) is 7.51. The zero-order chi connectivity index (χ0) is 20.5. The van der Waals surface area contributed by atoms with Crippen molar-refractivity contribution in [3.8, 4) is 0 Å². The molecular weight excluding hydrogens is 423 g/mol. The first-order valence-corrected chi connectivity index (χ1v) is 11.4. The van der Waals surface area contributed by atoms with E-state index in [2.05, 4.69) is 4.99 Å². The lowest BCUT2D eigenvalue weighted by Crippen LogP contribution is -2.18. The molecule has 2 aromatic carbocycles. The summed E-state index contributed by atoms with van der Waals surface area (Å²) in [7, 11) is -3.69. The number of carbonyl (C=O) groups excluding carboxylic acids is 1. The second kappa shape index (κ2) is 8.14. The standard InChI is InChI=1S/C19H18ClFN2O3S2/c1-3-23-18-12(2)15(20)8-9-16(18)27-19(23)22-17(24)10-11-28(25,26)14-6-4-13(21)5-7-14/h4-9H,3,10-11H2,1-2H3. The molecule has 1 amide bonds. The summed E-state index contributed by atoms with van der Waals surface area (Å²) in [5.41, 5.74) is 1.83. The monoisotopic (exact) mass is 440 g/mol. The summed E-state index contributed by atoms with van der Waals surface area (Å²) in [5, 5.41) is 0.635. The van der Waals surface area contributed by atoms with E-state index in [9.17, 15) is 17.6 Å². The fraction of sp³-hybridized carbons (Fsp3) is 0.263. The number of amides is 1. The molecule has 1 heterocycles. The molecule has 0 unspecified atom stereocenters. The number of benzene rings is 2. The van der Waals surface area contributed by atoms with Gasteiger partial charge in [-0.05, 0) is 55.8 Å². The molecule has 3 aromatic rings. The van der Waals surface area contributed by atoms with E-state index in [-0.39, 0.29) is 17.1 Å². The minimum absolute atomic E-state index is 0.0162. The van der Waals surface area contributed by atoms with Gasteiger partial charge < -0.3 is 4.57 Å². The number of aromatic nitrogens is 1. The van der Waals surface area contributed by atoms with E-state index in [1.807, 2.05) is 24.5 Å². The molecule has 0 bridgehead atoms. The van der Waals surface area contributed by atoms with E-state index in [1.165, 1.54) is 23.5 Å². The smallest absolute Gasteiger partial charge is 0.249 e. The van der Waals surface area contributed by atoms with Crippen LogP contribution in [0.15, 0.2) is 46.3 Å². The number of sulfone groups is 1. The largest absolute Gasteiger partial charge is 0.316 e. The maximum Gasteiger partial charge on any atom is 0.249 e. The van der Waals surface area contributed by atoms with Crippen molar-refractivity contribution in [3.05, 3.63) is 57.6 Å². The molecule has 0 aliphatic rings. The molecule has 0 N–H and O–H groups in total. The van der Waals surface area contributed by atoms with Crippen molar-refractivity contribution < 1.29 is 17.6 Å². The van der Waals surface area contributed by atoms with Crippen molar-refractivity contribution in [2.45, 2.75) is 31.7 Å². The van der Waals surface area contributed by atoms with Crippen molar-refractivity contribution in [1.29, 1.82) is 0 Å². The molecule has 0 radical (unpaired) electrons. The minimum atomic E-state index is -3.69. The lowest BCUT2D eigenvalue weighted by molar-refractivity contribution is -0.117. The molecule has 0 aliphatic carbocycles. The highest BCUT2D eigenvalue weighted by Gasteiger charge is 2.17. The van der Waals surface area contributed by atoms with Gasteiger partial charge in [0.05, 0.1) is 20.9 Å². The predicted molar refractivity (Wildman–Crippen MR) is 109 cm³/mol. The van der Waals surface area contributed by atoms with Gasteiger partial charge in [-0.3, -0.25) is 4.79 Å². The van der Waals surface area contributed by atoms with E-state index in [0.29, 0.717) is 16.4 Å². The molecule has 0 aliphatic heterocycles. The molecule has 0 saturated carbocycles. The molecule has 0 fully saturated rings. The van der Waals surface area contributed by atoms with Crippen molar-refractivity contribution in [2.24, 2.45) is 4.99 Å². The number of hydrogen-bond donors (Lipinski definition) is 0. The van der Waals surface area contributed by atoms with Crippen molar-refractivity contribution in [2.75, 3.05) is 5.75 Å². The molecule has 148 valence electrons. The first kappa shape index (κ1) is 20.7. The van der Waals surface area contributed by atoms with Gasteiger partial charge in [0.25, 0.3) is 0 Å². The van der Waals surface area contributed by atoms with Crippen LogP contribution in [0, 0.1) is 12.7 Å². The molecule has 3 rings (SSSR count). The van der Waals surface area contributed by atoms with E-state index < -0.39 is 21.6 Å². The Morgan fingerprint density at radius 1 is 1.21 bits per heavy atom. The Kier molecular flexibility index (Phi) is 6.02. The van der Waals surface area contributed by atoms with Gasteiger partial charge in [-0.2, -0.15) is 4.99 Å². The normalized spacial score (nSPS) is 12.6. The Labute approximate surface area is 171 Å². The highest BCUT2D eigenvalue weighted by atomic mass is 35.5. The number of rotatable bonds is 5. The van der Waals surface area contributed by atoms with Gasteiger partial charge in [0.15, 0.2) is 14.6 Å². The Morgan fingerprint density at radius 3 is 2.54 bits per heavy atom. The molecule has 9 heteroatoms. The van der Waals surface area contributed by atoms with E-state index in [4.69, 9.17) is 11.6 Å². The third kappa shape index (κ3) is 4.19. The Bertz CT molecular complexity index is 1210. The van der Waals surface area contributed by atoms with Gasteiger partial charge in [-0.25, -0.2) is 12.8 Å². The van der Waals surface area contributed by atoms with Crippen molar-refractivity contribution >= 4 is 48.9 Å². The quantitative estimate of drug-likeness (QED) is 0.560. The van der Waals surface area contributed by atoms with Gasteiger partial charge in [-0.1, -0.05) is 22.9 Å². The highest BCUT2D eigenvalue weighted by Crippen LogP contribution is 2.27. The summed E-state index contributed by atoms with van der Waals surface area (Å²) in [6.45, 7) is 4.45. The highest BCUT2D eigenvalue weighted by molar-refractivity contribution is 7.91. The first-order chi connectivity index (χ1) is 13.2. The maximum absolute atomic E-state index is 13.0. The Hall–Kier alpha value is -2.03. The summed E-state index contributed by atoms with van der Waals surface area (Å²) < 4.78 is 40.4. The van der Waals surface area contributed by atoms with E-state index in [1.54, 1.807) is 6.07 Å². The number of fused-ring (bicyclic) bond motifs is 1. The molecule has 28 heavy (non-hydrogen) atoms. The molecule has 5 nitrogen and oxygen atoms in total. The average Bonchev–Trinajstić information content (AvgIpc) is 3.01. The zero-order valence-electron chi connectivity index (χ0n) is 15.3. The fourth-order valence-electron chi connectivity index (χ4n) is 2.84. The van der Waals surface area contributed by atoms with Crippen LogP contribution < -0.4 is 4.80 Å². The average molecular weight is 441 g/mol. The second-order valence-corrected chi connectivity index (χ2v) is 9.70. The van der Waals surface area contributed by atoms with Crippen LogP contribution in [-0.4, -0.2) is 24.6 Å². The first-order valence-electron chi connectivity index (χ1n) is 8.57. The summed E-state index contributed by atoms with van der Waals surface area (Å²) in [5.74, 6) is -1.43. The van der Waals surface area contributed by atoms with Crippen molar-refractivity contribution in [1.82, 2.24) is 4.57 Å². The zero-order valence-corrected chi connectivity index (χ0v) is 17.7. The predicted octanol–water partition coefficient (Wildman–Crippen LogP) is 4.11. The second-order valence-electron chi connectivity index (χ2n) is 6.18. The van der Waals surface area contributed by atoms with Gasteiger partial charge in [0.1, 0.15) is 5.82 Å². The Balaban J connectivity index is 1.87. The van der Waals surface area contributed by atoms with Crippen LogP contribution in [0.25, 0.3) is 10.2 Å². The molecule has 0 saturated heterocycles. The topological polar surface area (TPSA) is 68.5 Å². The fourth-order valence-corrected chi connectivity index (χ4v) is 5.39. The SMILES string of the molecule is CCn1c(=NC(=O)CCS(=O)(=O)c2ccc(F)cc2)sc2ccc(Cl)c(C)c21. The Morgan fingerprint density at radius 2 is 1.89 bits per heavy atom. The minimum Gasteiger partial charge on any atom is -0.316 e. The molecular formula is C19H18ClFN2O3S2. The maximum atomic E-state index is 13.0. The number of nitrogens with zero attached hydrogens (tertiary/aromatic N) is 2. The number of aryl methyl sites for hydroxylation is 2. The lowest BCUT2D eigenvalue weighted by atomic mass is 10.2. The number of halogens is 2. The number of carbonyl (C=O) groups is 1. The van der Waals surface area contributed by atoms with Crippen LogP contribution >= 0.6 is 22.9 Å². The van der Waals surface area contributed by atoms with Crippen LogP contribution in [0.4, 0.5) is 4.39 Å². The van der Waals surface area contributed by atoms with Gasteiger partial charge in [0, 0.05) is 18.0 Å². The van der Waals surface area contributed by atoms with Gasteiger partial charge in [-0.15, -0.1) is 0 Å². The van der Waals surface area contributed by atoms with E-state index >= 15 is 0 Å². The molecule has 0 spiro atoms. The van der Waals surface area contributed by atoms with Gasteiger partial charge >= 0.3 is 0 Å². The summed E-state index contributed by atoms with van der Waals surface area (Å²) >= 11 is 7.56. The summed E-state index contributed by atoms with van der Waals surface area (Å²) in [6.07, 6.45) is -0.253.